The number of aryl methyl sites for hydroxylation is 1. The molecule has 0 spiro atoms. The first kappa shape index (κ1) is 28.2. The number of hydrogen-bond acceptors (Lipinski definition) is 8. The molecule has 9 nitrogen and oxygen atoms in total. The Hall–Kier alpha value is -3.86. The Morgan fingerprint density at radius 3 is 2.64 bits per heavy atom. The molecule has 2 heterocycles. The van der Waals surface area contributed by atoms with Crippen LogP contribution in [0.1, 0.15) is 38.5 Å². The molecule has 1 aliphatic rings. The zero-order chi connectivity index (χ0) is 27.6. The number of amides is 1. The fourth-order valence-corrected chi connectivity index (χ4v) is 4.50. The number of anilines is 1. The quantitative estimate of drug-likeness (QED) is 0.154. The zero-order valence-corrected chi connectivity index (χ0v) is 23.0. The lowest BCUT2D eigenvalue weighted by atomic mass is 10.1. The molecule has 0 unspecified atom stereocenters. The summed E-state index contributed by atoms with van der Waals surface area (Å²) in [6.45, 7) is 0.588. The Morgan fingerprint density at radius 1 is 1.08 bits per heavy atom. The van der Waals surface area contributed by atoms with Crippen LogP contribution < -0.4 is 10.1 Å². The number of esters is 1. The molecular weight excluding hydrogens is 518 g/mol. The van der Waals surface area contributed by atoms with Gasteiger partial charge in [0.1, 0.15) is 5.75 Å². The van der Waals surface area contributed by atoms with Crippen LogP contribution >= 0.6 is 11.8 Å². The summed E-state index contributed by atoms with van der Waals surface area (Å²) in [5.41, 5.74) is 3.87. The number of thioether (sulfide) groups is 1. The van der Waals surface area contributed by atoms with Crippen LogP contribution in [0.2, 0.25) is 0 Å². The third kappa shape index (κ3) is 7.17. The maximum Gasteiger partial charge on any atom is 0.340 e. The number of aromatic nitrogens is 2. The van der Waals surface area contributed by atoms with Crippen LogP contribution in [0.3, 0.4) is 0 Å². The number of benzene rings is 2. The van der Waals surface area contributed by atoms with Gasteiger partial charge >= 0.3 is 5.97 Å². The minimum atomic E-state index is -0.519. The zero-order valence-electron chi connectivity index (χ0n) is 22.1. The predicted molar refractivity (Wildman–Crippen MR) is 150 cm³/mol. The predicted octanol–water partition coefficient (Wildman–Crippen LogP) is 5.03. The highest BCUT2D eigenvalue weighted by Crippen LogP contribution is 2.32. The van der Waals surface area contributed by atoms with Crippen LogP contribution in [-0.2, 0) is 20.6 Å². The third-order valence-corrected chi connectivity index (χ3v) is 6.74. The Bertz CT molecular complexity index is 1360. The molecule has 0 saturated carbocycles. The van der Waals surface area contributed by atoms with Crippen molar-refractivity contribution < 1.29 is 28.5 Å². The van der Waals surface area contributed by atoms with Crippen molar-refractivity contribution in [3.05, 3.63) is 89.3 Å². The van der Waals surface area contributed by atoms with Gasteiger partial charge in [-0.3, -0.25) is 4.79 Å². The minimum Gasteiger partial charge on any atom is -0.496 e. The smallest absolute Gasteiger partial charge is 0.340 e. The number of methoxy groups -OCH3 is 2. The van der Waals surface area contributed by atoms with Crippen molar-refractivity contribution in [1.82, 2.24) is 9.78 Å². The van der Waals surface area contributed by atoms with Crippen molar-refractivity contribution in [2.45, 2.75) is 17.7 Å². The average molecular weight is 550 g/mol. The van der Waals surface area contributed by atoms with Gasteiger partial charge < -0.3 is 24.3 Å². The van der Waals surface area contributed by atoms with Gasteiger partial charge in [-0.15, -0.1) is 11.8 Å². The molecule has 1 amide bonds. The summed E-state index contributed by atoms with van der Waals surface area (Å²) in [7, 11) is 3.22. The van der Waals surface area contributed by atoms with Crippen molar-refractivity contribution in [3.8, 4) is 5.75 Å². The van der Waals surface area contributed by atoms with Crippen LogP contribution in [0.5, 0.6) is 5.75 Å². The van der Waals surface area contributed by atoms with Crippen LogP contribution in [0, 0.1) is 0 Å². The van der Waals surface area contributed by atoms with Gasteiger partial charge in [0, 0.05) is 29.0 Å². The minimum absolute atomic E-state index is 0.161. The van der Waals surface area contributed by atoms with Crippen molar-refractivity contribution in [2.75, 3.05) is 45.8 Å². The topological polar surface area (TPSA) is 101 Å². The molecule has 2 aromatic carbocycles. The average Bonchev–Trinajstić information content (AvgIpc) is 3.36. The molecular formula is C29H31N3O6S. The van der Waals surface area contributed by atoms with Gasteiger partial charge in [0.2, 0.25) is 0 Å². The monoisotopic (exact) mass is 549 g/mol. The van der Waals surface area contributed by atoms with E-state index in [-0.39, 0.29) is 12.7 Å². The Morgan fingerprint density at radius 2 is 1.90 bits per heavy atom. The first-order valence-corrected chi connectivity index (χ1v) is 13.6. The van der Waals surface area contributed by atoms with Gasteiger partial charge in [-0.25, -0.2) is 9.48 Å². The summed E-state index contributed by atoms with van der Waals surface area (Å²) < 4.78 is 22.5. The highest BCUT2D eigenvalue weighted by atomic mass is 32.2. The normalized spacial score (nSPS) is 14.8. The lowest BCUT2D eigenvalue weighted by Crippen LogP contribution is -2.14. The molecule has 1 aromatic heterocycles. The molecule has 204 valence electrons. The molecule has 4 rings (SSSR count). The van der Waals surface area contributed by atoms with Gasteiger partial charge in [-0.1, -0.05) is 18.2 Å². The van der Waals surface area contributed by atoms with Gasteiger partial charge in [-0.2, -0.15) is 5.10 Å². The van der Waals surface area contributed by atoms with E-state index in [1.807, 2.05) is 47.4 Å². The number of ether oxygens (including phenoxy) is 4. The fraction of sp³-hybridized carbons (Fsp3) is 0.276. The molecule has 0 fully saturated rings. The van der Waals surface area contributed by atoms with E-state index >= 15 is 0 Å². The van der Waals surface area contributed by atoms with Crippen LogP contribution in [0.15, 0.2) is 71.7 Å². The van der Waals surface area contributed by atoms with Crippen molar-refractivity contribution in [2.24, 2.45) is 0 Å². The standard InChI is InChI=1S/C29H31N3O6S/c1-35-15-16-37-19-38-29(34)20-9-12-22(13-10-20)30-28(33)24-18-23-7-5-4-6-8-25(32(23)31-24)21-11-14-27(39-3)26(17-21)36-2/h4,6,8-14,17-18H,5,7,15-16,19H2,1-3H3,(H,30,33)/b6-4-,25-8-. The number of hydrogen-bond donors (Lipinski definition) is 1. The molecule has 39 heavy (non-hydrogen) atoms. The second-order valence-electron chi connectivity index (χ2n) is 8.50. The number of nitrogens with one attached hydrogen (secondary N) is 1. The molecule has 0 aliphatic carbocycles. The van der Waals surface area contributed by atoms with E-state index in [1.54, 1.807) is 50.2 Å². The number of carbonyl (C=O) groups excluding carboxylic acids is 2. The number of rotatable bonds is 11. The van der Waals surface area contributed by atoms with Gasteiger partial charge in [-0.05, 0) is 67.6 Å². The summed E-state index contributed by atoms with van der Waals surface area (Å²) in [5, 5.41) is 7.52. The van der Waals surface area contributed by atoms with E-state index in [4.69, 9.17) is 18.9 Å². The molecule has 0 atom stereocenters. The Kier molecular flexibility index (Phi) is 9.96. The molecule has 0 saturated heterocycles. The van der Waals surface area contributed by atoms with Crippen molar-refractivity contribution in [3.63, 3.8) is 0 Å². The Labute approximate surface area is 231 Å². The highest BCUT2D eigenvalue weighted by molar-refractivity contribution is 7.98. The van der Waals surface area contributed by atoms with Crippen molar-refractivity contribution >= 4 is 35.0 Å². The number of nitrogens with zero attached hydrogens (tertiary/aromatic N) is 2. The molecule has 10 heteroatoms. The molecule has 3 aromatic rings. The molecule has 1 N–H and O–H groups in total. The lowest BCUT2D eigenvalue weighted by molar-refractivity contribution is -0.0435. The second kappa shape index (κ2) is 13.8. The first-order valence-electron chi connectivity index (χ1n) is 12.4. The van der Waals surface area contributed by atoms with Crippen LogP contribution in [0.25, 0.3) is 5.70 Å². The number of allylic oxidation sites excluding steroid dienone is 3. The summed E-state index contributed by atoms with van der Waals surface area (Å²) in [6, 6.07) is 14.3. The van der Waals surface area contributed by atoms with E-state index in [2.05, 4.69) is 16.5 Å². The molecule has 1 aliphatic heterocycles. The number of fused-ring (bicyclic) bond motifs is 1. The largest absolute Gasteiger partial charge is 0.496 e. The fourth-order valence-electron chi connectivity index (χ4n) is 3.95. The first-order chi connectivity index (χ1) is 19.0. The lowest BCUT2D eigenvalue weighted by Gasteiger charge is -2.15. The second-order valence-corrected chi connectivity index (χ2v) is 9.35. The SMILES string of the molecule is COCCOCOC(=O)c1ccc(NC(=O)c2cc3n(n2)/C(c2ccc(SC)c(OC)c2)=C\C=C/CC3)cc1. The number of carbonyl (C=O) groups is 2. The van der Waals surface area contributed by atoms with Gasteiger partial charge in [0.05, 0.1) is 31.6 Å². The summed E-state index contributed by atoms with van der Waals surface area (Å²) in [5.74, 6) is -0.0855. The van der Waals surface area contributed by atoms with Crippen molar-refractivity contribution in [1.29, 1.82) is 0 Å². The van der Waals surface area contributed by atoms with E-state index < -0.39 is 5.97 Å². The Balaban J connectivity index is 1.48. The third-order valence-electron chi connectivity index (χ3n) is 5.96. The molecule has 0 bridgehead atoms. The van der Waals surface area contributed by atoms with Gasteiger partial charge in [0.15, 0.2) is 12.5 Å². The van der Waals surface area contributed by atoms with Crippen LogP contribution in [-0.4, -0.2) is 62.1 Å². The summed E-state index contributed by atoms with van der Waals surface area (Å²) >= 11 is 1.62. The molecule has 0 radical (unpaired) electrons. The summed E-state index contributed by atoms with van der Waals surface area (Å²) in [4.78, 5) is 26.3. The van der Waals surface area contributed by atoms with E-state index in [0.717, 1.165) is 40.4 Å². The van der Waals surface area contributed by atoms with E-state index in [0.29, 0.717) is 30.2 Å². The van der Waals surface area contributed by atoms with E-state index in [9.17, 15) is 9.59 Å². The maximum absolute atomic E-state index is 13.1. The highest BCUT2D eigenvalue weighted by Gasteiger charge is 2.19. The van der Waals surface area contributed by atoms with Gasteiger partial charge in [0.25, 0.3) is 5.91 Å². The summed E-state index contributed by atoms with van der Waals surface area (Å²) in [6.07, 6.45) is 9.67. The van der Waals surface area contributed by atoms with E-state index in [1.165, 1.54) is 0 Å². The van der Waals surface area contributed by atoms with Crippen LogP contribution in [0.4, 0.5) is 5.69 Å². The maximum atomic E-state index is 13.1.